The fourth-order valence-electron chi connectivity index (χ4n) is 1.74. The van der Waals surface area contributed by atoms with Crippen LogP contribution in [0.5, 0.6) is 0 Å². The lowest BCUT2D eigenvalue weighted by Gasteiger charge is -2.34. The molecule has 18 heavy (non-hydrogen) atoms. The predicted molar refractivity (Wildman–Crippen MR) is 71.7 cm³/mol. The molecule has 0 unspecified atom stereocenters. The molecule has 2 rings (SSSR count). The predicted octanol–water partition coefficient (Wildman–Crippen LogP) is 2.57. The molecule has 0 aliphatic heterocycles. The van der Waals surface area contributed by atoms with Crippen molar-refractivity contribution in [2.75, 3.05) is 0 Å². The van der Waals surface area contributed by atoms with Crippen LogP contribution >= 0.6 is 0 Å². The second-order valence-electron chi connectivity index (χ2n) is 6.60. The van der Waals surface area contributed by atoms with Gasteiger partial charge in [-0.15, -0.1) is 0 Å². The van der Waals surface area contributed by atoms with E-state index < -0.39 is 13.9 Å². The molecule has 0 radical (unpaired) electrons. The van der Waals surface area contributed by atoms with E-state index in [1.165, 1.54) is 0 Å². The summed E-state index contributed by atoms with van der Waals surface area (Å²) in [7, 11) is -2.18. The summed E-state index contributed by atoms with van der Waals surface area (Å²) in [6, 6.07) is 0. The normalized spacial score (nSPS) is 19.0. The van der Waals surface area contributed by atoms with E-state index in [4.69, 9.17) is 4.42 Å². The molecule has 4 nitrogen and oxygen atoms in total. The molecule has 0 amide bonds. The van der Waals surface area contributed by atoms with Crippen LogP contribution in [0.25, 0.3) is 0 Å². The van der Waals surface area contributed by atoms with E-state index in [1.54, 1.807) is 6.26 Å². The molecule has 0 bridgehead atoms. The first-order valence-corrected chi connectivity index (χ1v) is 9.48. The minimum Gasteiger partial charge on any atom is -0.449 e. The van der Waals surface area contributed by atoms with Crippen LogP contribution in [-0.4, -0.2) is 23.2 Å². The Balaban J connectivity index is 1.97. The van der Waals surface area contributed by atoms with Crippen molar-refractivity contribution in [2.24, 2.45) is 0 Å². The highest BCUT2D eigenvalue weighted by Crippen LogP contribution is 2.45. The van der Waals surface area contributed by atoms with Crippen LogP contribution in [0.3, 0.4) is 0 Å². The number of hydrogen-bond donors (Lipinski definition) is 2. The van der Waals surface area contributed by atoms with Crippen LogP contribution in [0.1, 0.15) is 44.7 Å². The Morgan fingerprint density at radius 2 is 2.06 bits per heavy atom. The minimum absolute atomic E-state index is 0.0713. The van der Waals surface area contributed by atoms with E-state index in [2.05, 4.69) is 18.8 Å². The Labute approximate surface area is 109 Å². The summed E-state index contributed by atoms with van der Waals surface area (Å²) in [4.78, 5) is 14.6. The third-order valence-electron chi connectivity index (χ3n) is 4.37. The number of aliphatic hydroxyl groups is 1. The lowest BCUT2D eigenvalue weighted by Crippen LogP contribution is -2.39. The maximum absolute atomic E-state index is 10.2. The van der Waals surface area contributed by atoms with Crippen molar-refractivity contribution in [2.45, 2.75) is 63.3 Å². The highest BCUT2D eigenvalue weighted by Gasteiger charge is 2.45. The lowest BCUT2D eigenvalue weighted by atomic mass is 10.1. The van der Waals surface area contributed by atoms with Crippen molar-refractivity contribution in [1.82, 2.24) is 4.98 Å². The van der Waals surface area contributed by atoms with Crippen LogP contribution in [-0.2, 0) is 12.0 Å². The number of oxazole rings is 1. The first-order valence-electron chi connectivity index (χ1n) is 6.54. The Bertz CT molecular complexity index is 430. The van der Waals surface area contributed by atoms with Crippen LogP contribution in [0.15, 0.2) is 10.7 Å². The summed E-state index contributed by atoms with van der Waals surface area (Å²) in [5.41, 5.74) is -0.0572. The summed E-state index contributed by atoms with van der Waals surface area (Å²) in [6.07, 6.45) is 4.68. The maximum atomic E-state index is 10.2. The third kappa shape index (κ3) is 2.68. The van der Waals surface area contributed by atoms with Gasteiger partial charge in [0.1, 0.15) is 17.6 Å². The van der Waals surface area contributed by atoms with Gasteiger partial charge in [-0.2, -0.15) is 0 Å². The van der Waals surface area contributed by atoms with Gasteiger partial charge in [-0.25, -0.2) is 4.98 Å². The molecule has 0 spiro atoms. The van der Waals surface area contributed by atoms with Gasteiger partial charge in [0.15, 0.2) is 14.2 Å². The second-order valence-corrected chi connectivity index (χ2v) is 11.1. The van der Waals surface area contributed by atoms with Crippen molar-refractivity contribution in [3.8, 4) is 0 Å². The Hall–Kier alpha value is -0.653. The number of nitrogens with zero attached hydrogens (tertiary/aromatic N) is 1. The molecule has 1 aliphatic rings. The SMILES string of the molecule is CC(C)(CCc1nc(C2(O)CC2)co1)[Si](C)(C)O. The third-order valence-corrected chi connectivity index (χ3v) is 7.93. The first-order chi connectivity index (χ1) is 8.14. The first kappa shape index (κ1) is 13.8. The smallest absolute Gasteiger partial charge is 0.194 e. The van der Waals surface area contributed by atoms with Gasteiger partial charge in [0, 0.05) is 6.42 Å². The maximum Gasteiger partial charge on any atom is 0.194 e. The Kier molecular flexibility index (Phi) is 3.20. The average Bonchev–Trinajstić information content (AvgIpc) is 2.80. The zero-order valence-corrected chi connectivity index (χ0v) is 12.7. The topological polar surface area (TPSA) is 66.5 Å². The highest BCUT2D eigenvalue weighted by molar-refractivity contribution is 6.72. The molecule has 1 fully saturated rings. The minimum atomic E-state index is -2.18. The molecule has 0 saturated heterocycles. The number of hydrogen-bond acceptors (Lipinski definition) is 4. The molecule has 5 heteroatoms. The quantitative estimate of drug-likeness (QED) is 0.806. The average molecular weight is 269 g/mol. The van der Waals surface area contributed by atoms with Crippen molar-refractivity contribution < 1.29 is 14.3 Å². The summed E-state index contributed by atoms with van der Waals surface area (Å²) < 4.78 is 5.40. The highest BCUT2D eigenvalue weighted by atomic mass is 28.4. The Morgan fingerprint density at radius 1 is 1.44 bits per heavy atom. The number of aryl methyl sites for hydroxylation is 1. The lowest BCUT2D eigenvalue weighted by molar-refractivity contribution is 0.146. The van der Waals surface area contributed by atoms with Gasteiger partial charge < -0.3 is 14.3 Å². The van der Waals surface area contributed by atoms with Crippen LogP contribution < -0.4 is 0 Å². The fourth-order valence-corrected chi connectivity index (χ4v) is 2.48. The van der Waals surface area contributed by atoms with E-state index in [9.17, 15) is 9.90 Å². The molecule has 2 N–H and O–H groups in total. The van der Waals surface area contributed by atoms with Crippen LogP contribution in [0.2, 0.25) is 18.1 Å². The van der Waals surface area contributed by atoms with Gasteiger partial charge in [-0.1, -0.05) is 13.8 Å². The van der Waals surface area contributed by atoms with E-state index in [0.29, 0.717) is 18.0 Å². The standard InChI is InChI=1S/C13H23NO3Si/c1-12(2,18(3,4)16)6-5-11-14-10(9-17-11)13(15)7-8-13/h9,15-16H,5-8H2,1-4H3. The molecule has 1 aromatic heterocycles. The van der Waals surface area contributed by atoms with E-state index >= 15 is 0 Å². The summed E-state index contributed by atoms with van der Waals surface area (Å²) >= 11 is 0. The molecule has 0 atom stereocenters. The van der Waals surface area contributed by atoms with Gasteiger partial charge >= 0.3 is 0 Å². The van der Waals surface area contributed by atoms with Crippen molar-refractivity contribution in [1.29, 1.82) is 0 Å². The summed E-state index contributed by atoms with van der Waals surface area (Å²) in [6.45, 7) is 8.11. The van der Waals surface area contributed by atoms with E-state index in [1.807, 2.05) is 13.1 Å². The van der Waals surface area contributed by atoms with Gasteiger partial charge in [-0.3, -0.25) is 0 Å². The largest absolute Gasteiger partial charge is 0.449 e. The molecular formula is C13H23NO3Si. The van der Waals surface area contributed by atoms with Crippen molar-refractivity contribution in [3.63, 3.8) is 0 Å². The molecule has 102 valence electrons. The summed E-state index contributed by atoms with van der Waals surface area (Å²) in [5, 5.41) is 9.84. The van der Waals surface area contributed by atoms with Crippen LogP contribution in [0.4, 0.5) is 0 Å². The van der Waals surface area contributed by atoms with E-state index in [0.717, 1.165) is 19.3 Å². The van der Waals surface area contributed by atoms with Gasteiger partial charge in [0.25, 0.3) is 0 Å². The zero-order valence-electron chi connectivity index (χ0n) is 11.7. The summed E-state index contributed by atoms with van der Waals surface area (Å²) in [5.74, 6) is 0.664. The van der Waals surface area contributed by atoms with Crippen molar-refractivity contribution in [3.05, 3.63) is 17.8 Å². The van der Waals surface area contributed by atoms with Gasteiger partial charge in [0.2, 0.25) is 0 Å². The fraction of sp³-hybridized carbons (Fsp3) is 0.769. The van der Waals surface area contributed by atoms with Gasteiger partial charge in [0.05, 0.1) is 0 Å². The molecule has 1 saturated carbocycles. The number of rotatable bonds is 5. The van der Waals surface area contributed by atoms with Gasteiger partial charge in [-0.05, 0) is 37.4 Å². The number of aromatic nitrogens is 1. The molecule has 1 heterocycles. The van der Waals surface area contributed by atoms with Crippen molar-refractivity contribution >= 4 is 8.32 Å². The monoisotopic (exact) mass is 269 g/mol. The van der Waals surface area contributed by atoms with Crippen LogP contribution in [0, 0.1) is 0 Å². The Morgan fingerprint density at radius 3 is 2.56 bits per heavy atom. The van der Waals surface area contributed by atoms with E-state index in [-0.39, 0.29) is 5.04 Å². The zero-order chi connectivity index (χ0) is 13.6. The molecule has 0 aromatic carbocycles. The molecule has 1 aromatic rings. The second kappa shape index (κ2) is 4.18. The molecule has 1 aliphatic carbocycles. The molecular weight excluding hydrogens is 246 g/mol.